The molecule has 2 heterocycles. The molecule has 0 aliphatic heterocycles. The monoisotopic (exact) mass is 270 g/mol. The lowest BCUT2D eigenvalue weighted by atomic mass is 10.2. The van der Waals surface area contributed by atoms with Crippen molar-refractivity contribution >= 4 is 27.1 Å². The highest BCUT2D eigenvalue weighted by atomic mass is 32.1. The molecule has 0 atom stereocenters. The average molecular weight is 270 g/mol. The Morgan fingerprint density at radius 2 is 2.11 bits per heavy atom. The summed E-state index contributed by atoms with van der Waals surface area (Å²) in [6.07, 6.45) is 0. The molecule has 0 saturated carbocycles. The van der Waals surface area contributed by atoms with E-state index < -0.39 is 0 Å². The number of hydrogen-bond donors (Lipinski definition) is 2. The smallest absolute Gasteiger partial charge is 0.138 e. The molecule has 3 aromatic rings. The van der Waals surface area contributed by atoms with Gasteiger partial charge in [-0.05, 0) is 54.1 Å². The molecule has 0 amide bonds. The second-order valence-electron chi connectivity index (χ2n) is 4.45. The van der Waals surface area contributed by atoms with Crippen LogP contribution in [0.15, 0.2) is 41.8 Å². The molecule has 0 bridgehead atoms. The standard InChI is InChI=1S/C15H14N2OS/c1-10-2-4-14(18)13(17-10)9-16-12-3-5-15-11(8-12)6-7-19-15/h2-8,16,18H,9H2,1H3. The number of nitrogens with zero attached hydrogens (tertiary/aromatic N) is 1. The maximum atomic E-state index is 9.75. The van der Waals surface area contributed by atoms with Gasteiger partial charge < -0.3 is 10.4 Å². The van der Waals surface area contributed by atoms with Gasteiger partial charge >= 0.3 is 0 Å². The number of anilines is 1. The van der Waals surface area contributed by atoms with Gasteiger partial charge in [0.1, 0.15) is 11.4 Å². The predicted octanol–water partition coefficient (Wildman–Crippen LogP) is 3.92. The van der Waals surface area contributed by atoms with Gasteiger partial charge in [0.05, 0.1) is 6.54 Å². The largest absolute Gasteiger partial charge is 0.506 e. The van der Waals surface area contributed by atoms with Gasteiger partial charge in [0.15, 0.2) is 0 Å². The molecule has 0 saturated heterocycles. The van der Waals surface area contributed by atoms with Crippen molar-refractivity contribution in [2.45, 2.75) is 13.5 Å². The normalized spacial score (nSPS) is 10.8. The fraction of sp³-hybridized carbons (Fsp3) is 0.133. The zero-order valence-corrected chi connectivity index (χ0v) is 11.4. The van der Waals surface area contributed by atoms with Gasteiger partial charge in [-0.3, -0.25) is 4.98 Å². The Morgan fingerprint density at radius 3 is 3.00 bits per heavy atom. The highest BCUT2D eigenvalue weighted by molar-refractivity contribution is 7.17. The second-order valence-corrected chi connectivity index (χ2v) is 5.39. The van der Waals surface area contributed by atoms with Gasteiger partial charge in [0.25, 0.3) is 0 Å². The summed E-state index contributed by atoms with van der Waals surface area (Å²) >= 11 is 1.73. The van der Waals surface area contributed by atoms with Gasteiger partial charge in [-0.25, -0.2) is 0 Å². The van der Waals surface area contributed by atoms with E-state index in [9.17, 15) is 5.11 Å². The average Bonchev–Trinajstić information content (AvgIpc) is 2.87. The molecule has 0 unspecified atom stereocenters. The van der Waals surface area contributed by atoms with Crippen LogP contribution in [0, 0.1) is 6.92 Å². The van der Waals surface area contributed by atoms with E-state index in [0.717, 1.165) is 11.4 Å². The first-order chi connectivity index (χ1) is 9.22. The van der Waals surface area contributed by atoms with Crippen molar-refractivity contribution in [3.63, 3.8) is 0 Å². The number of aromatic nitrogens is 1. The number of fused-ring (bicyclic) bond motifs is 1. The number of pyridine rings is 1. The van der Waals surface area contributed by atoms with E-state index in [0.29, 0.717) is 12.2 Å². The molecule has 96 valence electrons. The Balaban J connectivity index is 1.79. The van der Waals surface area contributed by atoms with Crippen LogP contribution in [0.5, 0.6) is 5.75 Å². The van der Waals surface area contributed by atoms with E-state index in [4.69, 9.17) is 0 Å². The number of thiophene rings is 1. The lowest BCUT2D eigenvalue weighted by Crippen LogP contribution is -2.02. The van der Waals surface area contributed by atoms with Crippen LogP contribution in [0.4, 0.5) is 5.69 Å². The minimum Gasteiger partial charge on any atom is -0.506 e. The Morgan fingerprint density at radius 1 is 1.21 bits per heavy atom. The summed E-state index contributed by atoms with van der Waals surface area (Å²) in [5.41, 5.74) is 2.61. The van der Waals surface area contributed by atoms with E-state index in [-0.39, 0.29) is 5.75 Å². The van der Waals surface area contributed by atoms with E-state index >= 15 is 0 Å². The maximum Gasteiger partial charge on any atom is 0.138 e. The number of aryl methyl sites for hydroxylation is 1. The van der Waals surface area contributed by atoms with Gasteiger partial charge in [-0.2, -0.15) is 0 Å². The Bertz CT molecular complexity index is 721. The van der Waals surface area contributed by atoms with Gasteiger partial charge in [0, 0.05) is 16.1 Å². The van der Waals surface area contributed by atoms with Crippen LogP contribution >= 0.6 is 11.3 Å². The maximum absolute atomic E-state index is 9.75. The summed E-state index contributed by atoms with van der Waals surface area (Å²) in [4.78, 5) is 4.33. The quantitative estimate of drug-likeness (QED) is 0.758. The summed E-state index contributed by atoms with van der Waals surface area (Å²) < 4.78 is 1.28. The topological polar surface area (TPSA) is 45.1 Å². The number of benzene rings is 1. The van der Waals surface area contributed by atoms with E-state index in [1.54, 1.807) is 23.5 Å². The molecule has 0 spiro atoms. The van der Waals surface area contributed by atoms with Crippen LogP contribution in [-0.4, -0.2) is 10.1 Å². The summed E-state index contributed by atoms with van der Waals surface area (Å²) in [6.45, 7) is 2.43. The summed E-state index contributed by atoms with van der Waals surface area (Å²) in [7, 11) is 0. The van der Waals surface area contributed by atoms with Crippen LogP contribution in [0.3, 0.4) is 0 Å². The Kier molecular flexibility index (Phi) is 3.09. The first-order valence-corrected chi connectivity index (χ1v) is 6.97. The predicted molar refractivity (Wildman–Crippen MR) is 79.8 cm³/mol. The van der Waals surface area contributed by atoms with Gasteiger partial charge in [-0.15, -0.1) is 11.3 Å². The Hall–Kier alpha value is -2.07. The zero-order valence-electron chi connectivity index (χ0n) is 10.6. The van der Waals surface area contributed by atoms with Gasteiger partial charge in [0.2, 0.25) is 0 Å². The number of aromatic hydroxyl groups is 1. The van der Waals surface area contributed by atoms with Crippen molar-refractivity contribution in [2.75, 3.05) is 5.32 Å². The molecule has 2 N–H and O–H groups in total. The van der Waals surface area contributed by atoms with Crippen molar-refractivity contribution in [1.29, 1.82) is 0 Å². The minimum atomic E-state index is 0.231. The fourth-order valence-corrected chi connectivity index (χ4v) is 2.77. The molecular weight excluding hydrogens is 256 g/mol. The lowest BCUT2D eigenvalue weighted by molar-refractivity contribution is 0.464. The Labute approximate surface area is 115 Å². The molecule has 4 heteroatoms. The highest BCUT2D eigenvalue weighted by Crippen LogP contribution is 2.24. The first-order valence-electron chi connectivity index (χ1n) is 6.09. The van der Waals surface area contributed by atoms with Crippen molar-refractivity contribution in [3.8, 4) is 5.75 Å². The van der Waals surface area contributed by atoms with Crippen molar-refractivity contribution < 1.29 is 5.11 Å². The van der Waals surface area contributed by atoms with Crippen LogP contribution in [0.2, 0.25) is 0 Å². The van der Waals surface area contributed by atoms with Crippen molar-refractivity contribution in [2.24, 2.45) is 0 Å². The number of nitrogens with one attached hydrogen (secondary N) is 1. The molecule has 0 radical (unpaired) electrons. The number of hydrogen-bond acceptors (Lipinski definition) is 4. The highest BCUT2D eigenvalue weighted by Gasteiger charge is 2.03. The minimum absolute atomic E-state index is 0.231. The molecule has 3 nitrogen and oxygen atoms in total. The SMILES string of the molecule is Cc1ccc(O)c(CNc2ccc3sccc3c2)n1. The molecule has 0 aliphatic rings. The molecule has 1 aromatic carbocycles. The first kappa shape index (κ1) is 12.0. The molecule has 2 aromatic heterocycles. The summed E-state index contributed by atoms with van der Waals surface area (Å²) in [5.74, 6) is 0.231. The molecule has 0 aliphatic carbocycles. The van der Waals surface area contributed by atoms with Crippen molar-refractivity contribution in [1.82, 2.24) is 4.98 Å². The molecule has 19 heavy (non-hydrogen) atoms. The van der Waals surface area contributed by atoms with E-state index in [1.165, 1.54) is 10.1 Å². The van der Waals surface area contributed by atoms with Gasteiger partial charge in [-0.1, -0.05) is 0 Å². The third-order valence-electron chi connectivity index (χ3n) is 3.00. The van der Waals surface area contributed by atoms with Crippen molar-refractivity contribution in [3.05, 3.63) is 53.2 Å². The van der Waals surface area contributed by atoms with Crippen LogP contribution in [0.1, 0.15) is 11.4 Å². The van der Waals surface area contributed by atoms with Crippen LogP contribution in [0.25, 0.3) is 10.1 Å². The summed E-state index contributed by atoms with van der Waals surface area (Å²) in [5, 5.41) is 16.4. The summed E-state index contributed by atoms with van der Waals surface area (Å²) in [6, 6.07) is 11.8. The lowest BCUT2D eigenvalue weighted by Gasteiger charge is -2.08. The van der Waals surface area contributed by atoms with Crippen LogP contribution < -0.4 is 5.32 Å². The van der Waals surface area contributed by atoms with Crippen LogP contribution in [-0.2, 0) is 6.54 Å². The fourth-order valence-electron chi connectivity index (χ4n) is 2.00. The molecular formula is C15H14N2OS. The zero-order chi connectivity index (χ0) is 13.2. The van der Waals surface area contributed by atoms with E-state index in [1.807, 2.05) is 13.0 Å². The third kappa shape index (κ3) is 2.53. The third-order valence-corrected chi connectivity index (χ3v) is 3.90. The second kappa shape index (κ2) is 4.90. The molecule has 0 fully saturated rings. The number of rotatable bonds is 3. The van der Waals surface area contributed by atoms with E-state index in [2.05, 4.69) is 33.9 Å². The molecule has 3 rings (SSSR count).